The highest BCUT2D eigenvalue weighted by Crippen LogP contribution is 2.38. The van der Waals surface area contributed by atoms with E-state index in [1.807, 2.05) is 23.6 Å². The lowest BCUT2D eigenvalue weighted by atomic mass is 9.96. The van der Waals surface area contributed by atoms with Crippen LogP contribution in [0.25, 0.3) is 16.2 Å². The number of anilines is 1. The van der Waals surface area contributed by atoms with Crippen LogP contribution in [0.3, 0.4) is 0 Å². The Morgan fingerprint density at radius 2 is 2.18 bits per heavy atom. The lowest BCUT2D eigenvalue weighted by Gasteiger charge is -2.09. The predicted octanol–water partition coefficient (Wildman–Crippen LogP) is 4.52. The van der Waals surface area contributed by atoms with Crippen molar-refractivity contribution in [1.82, 2.24) is 14.6 Å². The molecule has 0 radical (unpaired) electrons. The van der Waals surface area contributed by atoms with Crippen molar-refractivity contribution in [2.75, 3.05) is 5.32 Å². The topological polar surface area (TPSA) is 83.1 Å². The molecule has 1 N–H and O–H groups in total. The first-order valence-electron chi connectivity index (χ1n) is 8.99. The standard InChI is InChI=1S/C20H15N5OS2/c21-10-13-12-4-1-2-5-16(12)28-20(13)24-19(26)14-11-23-25-15(7-8-22-18(14)25)17-6-3-9-27-17/h3,6-9,11H,1-2,4-5H2,(H,24,26). The van der Waals surface area contributed by atoms with Crippen LogP contribution in [0.2, 0.25) is 0 Å². The number of nitrogens with zero attached hydrogens (tertiary/aromatic N) is 4. The summed E-state index contributed by atoms with van der Waals surface area (Å²) in [4.78, 5) is 19.6. The van der Waals surface area contributed by atoms with Crippen molar-refractivity contribution in [3.8, 4) is 16.6 Å². The maximum Gasteiger partial charge on any atom is 0.261 e. The van der Waals surface area contributed by atoms with Gasteiger partial charge in [0.25, 0.3) is 5.91 Å². The molecule has 5 rings (SSSR count). The van der Waals surface area contributed by atoms with E-state index in [1.165, 1.54) is 22.4 Å². The number of fused-ring (bicyclic) bond motifs is 2. The van der Waals surface area contributed by atoms with Gasteiger partial charge in [0.05, 0.1) is 22.3 Å². The molecule has 4 heterocycles. The van der Waals surface area contributed by atoms with Gasteiger partial charge in [-0.15, -0.1) is 22.7 Å². The minimum Gasteiger partial charge on any atom is -0.312 e. The maximum atomic E-state index is 13.0. The summed E-state index contributed by atoms with van der Waals surface area (Å²) in [5.41, 5.74) is 3.50. The zero-order valence-corrected chi connectivity index (χ0v) is 16.4. The highest BCUT2D eigenvalue weighted by Gasteiger charge is 2.23. The van der Waals surface area contributed by atoms with Gasteiger partial charge in [0.15, 0.2) is 5.65 Å². The number of carbonyl (C=O) groups excluding carboxylic acids is 1. The van der Waals surface area contributed by atoms with Crippen LogP contribution in [-0.4, -0.2) is 20.5 Å². The molecule has 6 nitrogen and oxygen atoms in total. The molecule has 0 spiro atoms. The fourth-order valence-electron chi connectivity index (χ4n) is 3.61. The average Bonchev–Trinajstić information content (AvgIpc) is 3.45. The van der Waals surface area contributed by atoms with Gasteiger partial charge >= 0.3 is 0 Å². The summed E-state index contributed by atoms with van der Waals surface area (Å²) < 4.78 is 1.69. The van der Waals surface area contributed by atoms with Crippen molar-refractivity contribution in [3.63, 3.8) is 0 Å². The smallest absolute Gasteiger partial charge is 0.261 e. The summed E-state index contributed by atoms with van der Waals surface area (Å²) >= 11 is 3.13. The van der Waals surface area contributed by atoms with Crippen molar-refractivity contribution in [1.29, 1.82) is 5.26 Å². The van der Waals surface area contributed by atoms with Crippen molar-refractivity contribution < 1.29 is 4.79 Å². The number of nitriles is 1. The van der Waals surface area contributed by atoms with Gasteiger partial charge in [-0.05, 0) is 48.8 Å². The van der Waals surface area contributed by atoms with Crippen LogP contribution in [0, 0.1) is 11.3 Å². The Hall–Kier alpha value is -3.02. The van der Waals surface area contributed by atoms with Gasteiger partial charge in [-0.1, -0.05) is 6.07 Å². The zero-order valence-electron chi connectivity index (χ0n) is 14.8. The van der Waals surface area contributed by atoms with Crippen molar-refractivity contribution in [2.24, 2.45) is 0 Å². The van der Waals surface area contributed by atoms with Gasteiger partial charge in [0, 0.05) is 11.1 Å². The van der Waals surface area contributed by atoms with Crippen LogP contribution in [0.15, 0.2) is 36.0 Å². The van der Waals surface area contributed by atoms with Gasteiger partial charge in [0.2, 0.25) is 0 Å². The van der Waals surface area contributed by atoms with Gasteiger partial charge in [-0.2, -0.15) is 10.4 Å². The summed E-state index contributed by atoms with van der Waals surface area (Å²) in [5, 5.41) is 19.5. The molecule has 0 fully saturated rings. The van der Waals surface area contributed by atoms with E-state index >= 15 is 0 Å². The summed E-state index contributed by atoms with van der Waals surface area (Å²) in [7, 11) is 0. The van der Waals surface area contributed by atoms with Crippen molar-refractivity contribution in [2.45, 2.75) is 25.7 Å². The average molecular weight is 406 g/mol. The second-order valence-corrected chi connectivity index (χ2v) is 8.63. The molecule has 4 aromatic heterocycles. The minimum absolute atomic E-state index is 0.291. The van der Waals surface area contributed by atoms with Gasteiger partial charge in [0.1, 0.15) is 16.6 Å². The van der Waals surface area contributed by atoms with Crippen LogP contribution in [0.5, 0.6) is 0 Å². The van der Waals surface area contributed by atoms with Crippen LogP contribution in [0.4, 0.5) is 5.00 Å². The van der Waals surface area contributed by atoms with Gasteiger partial charge < -0.3 is 5.32 Å². The van der Waals surface area contributed by atoms with E-state index in [1.54, 1.807) is 22.0 Å². The Kier molecular flexibility index (Phi) is 4.19. The summed E-state index contributed by atoms with van der Waals surface area (Å²) in [6.45, 7) is 0. The van der Waals surface area contributed by atoms with E-state index in [2.05, 4.69) is 21.5 Å². The summed E-state index contributed by atoms with van der Waals surface area (Å²) in [5.74, 6) is -0.291. The molecule has 1 amide bonds. The normalized spacial score (nSPS) is 13.2. The molecule has 0 aliphatic heterocycles. The highest BCUT2D eigenvalue weighted by molar-refractivity contribution is 7.16. The van der Waals surface area contributed by atoms with E-state index < -0.39 is 0 Å². The molecule has 0 bridgehead atoms. The number of rotatable bonds is 3. The molecule has 0 aromatic carbocycles. The number of hydrogen-bond donors (Lipinski definition) is 1. The molecule has 1 aliphatic rings. The quantitative estimate of drug-likeness (QED) is 0.543. The van der Waals surface area contributed by atoms with E-state index in [0.29, 0.717) is 21.8 Å². The Morgan fingerprint density at radius 3 is 3.00 bits per heavy atom. The third-order valence-electron chi connectivity index (χ3n) is 4.93. The van der Waals surface area contributed by atoms with E-state index in [9.17, 15) is 10.1 Å². The van der Waals surface area contributed by atoms with Crippen LogP contribution >= 0.6 is 22.7 Å². The molecule has 0 atom stereocenters. The highest BCUT2D eigenvalue weighted by atomic mass is 32.1. The van der Waals surface area contributed by atoms with Crippen LogP contribution in [0.1, 0.15) is 39.2 Å². The Bertz CT molecular complexity index is 1230. The first-order valence-corrected chi connectivity index (χ1v) is 10.7. The molecule has 1 aliphatic carbocycles. The summed E-state index contributed by atoms with van der Waals surface area (Å²) in [6.07, 6.45) is 7.34. The minimum atomic E-state index is -0.291. The van der Waals surface area contributed by atoms with Gasteiger partial charge in [-0.3, -0.25) is 4.79 Å². The fourth-order valence-corrected chi connectivity index (χ4v) is 5.58. The molecule has 0 unspecified atom stereocenters. The molecule has 0 saturated heterocycles. The van der Waals surface area contributed by atoms with Crippen LogP contribution in [-0.2, 0) is 12.8 Å². The predicted molar refractivity (Wildman–Crippen MR) is 110 cm³/mol. The molecular weight excluding hydrogens is 390 g/mol. The fraction of sp³-hybridized carbons (Fsp3) is 0.200. The Morgan fingerprint density at radius 1 is 1.29 bits per heavy atom. The first-order chi connectivity index (χ1) is 13.8. The largest absolute Gasteiger partial charge is 0.312 e. The Balaban J connectivity index is 1.52. The van der Waals surface area contributed by atoms with E-state index in [4.69, 9.17) is 0 Å². The molecule has 4 aromatic rings. The number of aromatic nitrogens is 3. The number of thiophene rings is 2. The van der Waals surface area contributed by atoms with Crippen molar-refractivity contribution >= 4 is 39.2 Å². The van der Waals surface area contributed by atoms with Crippen LogP contribution < -0.4 is 5.32 Å². The third-order valence-corrected chi connectivity index (χ3v) is 7.03. The second-order valence-electron chi connectivity index (χ2n) is 6.58. The van der Waals surface area contributed by atoms with Crippen molar-refractivity contribution in [3.05, 3.63) is 57.5 Å². The SMILES string of the molecule is N#Cc1c(NC(=O)c2cnn3c(-c4cccs4)ccnc23)sc2c1CCCC2. The summed E-state index contributed by atoms with van der Waals surface area (Å²) in [6, 6.07) is 8.15. The lowest BCUT2D eigenvalue weighted by molar-refractivity contribution is 0.102. The molecule has 0 saturated carbocycles. The maximum absolute atomic E-state index is 13.0. The Labute approximate surface area is 169 Å². The zero-order chi connectivity index (χ0) is 19.1. The second kappa shape index (κ2) is 6.86. The monoisotopic (exact) mass is 405 g/mol. The number of amides is 1. The number of aryl methyl sites for hydroxylation is 1. The molecular formula is C20H15N5OS2. The number of hydrogen-bond acceptors (Lipinski definition) is 6. The van der Waals surface area contributed by atoms with E-state index in [-0.39, 0.29) is 5.91 Å². The lowest BCUT2D eigenvalue weighted by Crippen LogP contribution is -2.12. The van der Waals surface area contributed by atoms with E-state index in [0.717, 1.165) is 41.8 Å². The molecule has 8 heteroatoms. The third kappa shape index (κ3) is 2.71. The number of nitrogens with one attached hydrogen (secondary N) is 1. The molecule has 28 heavy (non-hydrogen) atoms. The molecule has 138 valence electrons. The van der Waals surface area contributed by atoms with Gasteiger partial charge in [-0.25, -0.2) is 9.50 Å². The first kappa shape index (κ1) is 17.1. The number of carbonyl (C=O) groups is 1.